The second-order valence-electron chi connectivity index (χ2n) is 5.57. The van der Waals surface area contributed by atoms with Crippen LogP contribution in [-0.2, 0) is 6.54 Å². The van der Waals surface area contributed by atoms with Crippen molar-refractivity contribution in [3.8, 4) is 28.5 Å². The second kappa shape index (κ2) is 7.30. The monoisotopic (exact) mass is 358 g/mol. The fourth-order valence-corrected chi connectivity index (χ4v) is 2.61. The van der Waals surface area contributed by atoms with Crippen LogP contribution in [0.3, 0.4) is 0 Å². The van der Waals surface area contributed by atoms with Gasteiger partial charge in [0, 0.05) is 5.56 Å². The van der Waals surface area contributed by atoms with Gasteiger partial charge in [0.05, 0.1) is 39.8 Å². The predicted molar refractivity (Wildman–Crippen MR) is 95.0 cm³/mol. The third-order valence-electron chi connectivity index (χ3n) is 3.90. The molecule has 0 bridgehead atoms. The highest BCUT2D eigenvalue weighted by Gasteiger charge is 2.14. The summed E-state index contributed by atoms with van der Waals surface area (Å²) in [6.45, 7) is 0.432. The number of nitrogen functional groups attached to an aromatic ring is 1. The van der Waals surface area contributed by atoms with Crippen LogP contribution in [0.1, 0.15) is 5.56 Å². The molecule has 2 N–H and O–H groups in total. The first-order valence-electron chi connectivity index (χ1n) is 7.80. The molecule has 0 aliphatic carbocycles. The molecule has 3 aromatic rings. The summed E-state index contributed by atoms with van der Waals surface area (Å²) in [4.78, 5) is 0. The number of benzene rings is 2. The summed E-state index contributed by atoms with van der Waals surface area (Å²) in [6, 6.07) is 8.22. The molecule has 3 rings (SSSR count). The summed E-state index contributed by atoms with van der Waals surface area (Å²) in [5.41, 5.74) is 7.64. The number of nitrogens with two attached hydrogens (primary N) is 1. The largest absolute Gasteiger partial charge is 0.493 e. The Bertz CT molecular complexity index is 902. The van der Waals surface area contributed by atoms with Gasteiger partial charge in [0.15, 0.2) is 11.5 Å². The first kappa shape index (κ1) is 17.5. The minimum atomic E-state index is -0.485. The molecule has 26 heavy (non-hydrogen) atoms. The molecule has 7 nitrogen and oxygen atoms in total. The molecule has 0 atom stereocenters. The molecule has 0 radical (unpaired) electrons. The quantitative estimate of drug-likeness (QED) is 0.682. The summed E-state index contributed by atoms with van der Waals surface area (Å²) in [5.74, 6) is 1.16. The molecule has 1 aromatic heterocycles. The van der Waals surface area contributed by atoms with Gasteiger partial charge in [0.25, 0.3) is 0 Å². The molecule has 0 aliphatic heterocycles. The van der Waals surface area contributed by atoms with Crippen LogP contribution in [-0.4, -0.2) is 36.3 Å². The average molecular weight is 358 g/mol. The van der Waals surface area contributed by atoms with Gasteiger partial charge in [-0.3, -0.25) is 0 Å². The van der Waals surface area contributed by atoms with E-state index in [0.29, 0.717) is 35.1 Å². The van der Waals surface area contributed by atoms with E-state index in [-0.39, 0.29) is 5.69 Å². The molecule has 0 amide bonds. The highest BCUT2D eigenvalue weighted by atomic mass is 19.1. The van der Waals surface area contributed by atoms with E-state index >= 15 is 0 Å². The van der Waals surface area contributed by atoms with Crippen LogP contribution in [0.2, 0.25) is 0 Å². The van der Waals surface area contributed by atoms with E-state index in [1.165, 1.54) is 12.1 Å². The van der Waals surface area contributed by atoms with Gasteiger partial charge in [-0.2, -0.15) is 0 Å². The summed E-state index contributed by atoms with van der Waals surface area (Å²) >= 11 is 0. The van der Waals surface area contributed by atoms with Crippen molar-refractivity contribution in [2.75, 3.05) is 27.1 Å². The van der Waals surface area contributed by atoms with E-state index in [1.54, 1.807) is 38.3 Å². The van der Waals surface area contributed by atoms with Crippen molar-refractivity contribution in [2.45, 2.75) is 6.54 Å². The van der Waals surface area contributed by atoms with Gasteiger partial charge < -0.3 is 19.9 Å². The molecule has 0 saturated heterocycles. The Balaban J connectivity index is 1.88. The number of rotatable bonds is 6. The maximum absolute atomic E-state index is 13.6. The number of anilines is 1. The minimum Gasteiger partial charge on any atom is -0.493 e. The van der Waals surface area contributed by atoms with Crippen LogP contribution in [0, 0.1) is 5.82 Å². The topological polar surface area (TPSA) is 84.4 Å². The number of hydrogen-bond donors (Lipinski definition) is 1. The van der Waals surface area contributed by atoms with E-state index in [2.05, 4.69) is 10.3 Å². The van der Waals surface area contributed by atoms with Gasteiger partial charge in [0.1, 0.15) is 11.5 Å². The van der Waals surface area contributed by atoms with Crippen LogP contribution in [0.25, 0.3) is 11.3 Å². The van der Waals surface area contributed by atoms with Crippen LogP contribution < -0.4 is 19.9 Å². The van der Waals surface area contributed by atoms with Gasteiger partial charge >= 0.3 is 0 Å². The Labute approximate surface area is 150 Å². The lowest BCUT2D eigenvalue weighted by molar-refractivity contribution is 0.323. The third-order valence-corrected chi connectivity index (χ3v) is 3.90. The van der Waals surface area contributed by atoms with Crippen molar-refractivity contribution < 1.29 is 18.6 Å². The first-order chi connectivity index (χ1) is 12.5. The zero-order chi connectivity index (χ0) is 18.7. The maximum atomic E-state index is 13.6. The van der Waals surface area contributed by atoms with E-state index in [1.807, 2.05) is 12.1 Å². The smallest absolute Gasteiger partial charge is 0.203 e. The summed E-state index contributed by atoms with van der Waals surface area (Å²) in [5, 5.41) is 8.18. The molecule has 8 heteroatoms. The van der Waals surface area contributed by atoms with Crippen molar-refractivity contribution in [2.24, 2.45) is 0 Å². The van der Waals surface area contributed by atoms with Gasteiger partial charge in [0.2, 0.25) is 5.75 Å². The standard InChI is InChI=1S/C18H19FN4O3/c1-24-16-6-11(7-17(25-2)18(16)26-3)9-23-10-15(21-22-23)12-4-5-14(20)13(19)8-12/h4-8,10H,9,20H2,1-3H3. The second-order valence-corrected chi connectivity index (χ2v) is 5.57. The zero-order valence-electron chi connectivity index (χ0n) is 14.7. The Morgan fingerprint density at radius 2 is 1.73 bits per heavy atom. The number of aromatic nitrogens is 3. The van der Waals surface area contributed by atoms with Gasteiger partial charge in [-0.25, -0.2) is 9.07 Å². The molecule has 0 aliphatic rings. The van der Waals surface area contributed by atoms with E-state index < -0.39 is 5.82 Å². The first-order valence-corrected chi connectivity index (χ1v) is 7.80. The van der Waals surface area contributed by atoms with E-state index in [4.69, 9.17) is 19.9 Å². The van der Waals surface area contributed by atoms with Crippen LogP contribution in [0.5, 0.6) is 17.2 Å². The van der Waals surface area contributed by atoms with E-state index in [0.717, 1.165) is 5.56 Å². The number of hydrogen-bond acceptors (Lipinski definition) is 6. The van der Waals surface area contributed by atoms with E-state index in [9.17, 15) is 4.39 Å². The van der Waals surface area contributed by atoms with Crippen LogP contribution in [0.15, 0.2) is 36.5 Å². The summed E-state index contributed by atoms with van der Waals surface area (Å²) in [7, 11) is 4.67. The molecule has 136 valence electrons. The molecule has 0 saturated carbocycles. The third kappa shape index (κ3) is 3.39. The normalized spacial score (nSPS) is 10.6. The molecular weight excluding hydrogens is 339 g/mol. The van der Waals surface area contributed by atoms with Crippen molar-refractivity contribution in [1.82, 2.24) is 15.0 Å². The molecule has 0 unspecified atom stereocenters. The maximum Gasteiger partial charge on any atom is 0.203 e. The summed E-state index contributed by atoms with van der Waals surface area (Å²) < 4.78 is 31.3. The number of halogens is 1. The molecule has 0 spiro atoms. The Morgan fingerprint density at radius 1 is 1.04 bits per heavy atom. The van der Waals surface area contributed by atoms with Crippen molar-refractivity contribution in [1.29, 1.82) is 0 Å². The zero-order valence-corrected chi connectivity index (χ0v) is 14.7. The lowest BCUT2D eigenvalue weighted by atomic mass is 10.1. The molecule has 0 fully saturated rings. The SMILES string of the molecule is COc1cc(Cn2cc(-c3ccc(N)c(F)c3)nn2)cc(OC)c1OC. The van der Waals surface area contributed by atoms with Crippen molar-refractivity contribution in [3.05, 3.63) is 47.9 Å². The highest BCUT2D eigenvalue weighted by Crippen LogP contribution is 2.38. The van der Waals surface area contributed by atoms with Gasteiger partial charge in [-0.05, 0) is 29.8 Å². The molecule has 1 heterocycles. The fraction of sp³-hybridized carbons (Fsp3) is 0.222. The lowest BCUT2D eigenvalue weighted by Crippen LogP contribution is -2.03. The van der Waals surface area contributed by atoms with Crippen LogP contribution >= 0.6 is 0 Å². The van der Waals surface area contributed by atoms with Crippen molar-refractivity contribution in [3.63, 3.8) is 0 Å². The average Bonchev–Trinajstić information content (AvgIpc) is 3.11. The molecular formula is C18H19FN4O3. The Morgan fingerprint density at radius 3 is 2.31 bits per heavy atom. The summed E-state index contributed by atoms with van der Waals surface area (Å²) in [6.07, 6.45) is 1.73. The van der Waals surface area contributed by atoms with Crippen molar-refractivity contribution >= 4 is 5.69 Å². The fourth-order valence-electron chi connectivity index (χ4n) is 2.61. The lowest BCUT2D eigenvalue weighted by Gasteiger charge is -2.14. The Hall–Kier alpha value is -3.29. The Kier molecular flexibility index (Phi) is 4.92. The van der Waals surface area contributed by atoms with Gasteiger partial charge in [-0.15, -0.1) is 5.10 Å². The minimum absolute atomic E-state index is 0.0959. The molecule has 2 aromatic carbocycles. The number of nitrogens with zero attached hydrogens (tertiary/aromatic N) is 3. The predicted octanol–water partition coefficient (Wildman–Crippen LogP) is 2.74. The number of ether oxygens (including phenoxy) is 3. The number of methoxy groups -OCH3 is 3. The van der Waals surface area contributed by atoms with Crippen LogP contribution in [0.4, 0.5) is 10.1 Å². The van der Waals surface area contributed by atoms with Gasteiger partial charge in [-0.1, -0.05) is 11.3 Å². The highest BCUT2D eigenvalue weighted by molar-refractivity contribution is 5.61.